The van der Waals surface area contributed by atoms with Gasteiger partial charge in [-0.25, -0.2) is 0 Å². The fraction of sp³-hybridized carbons (Fsp3) is 0. The molecule has 3 rings (SSSR count). The number of carbonyl (C=O) groups excluding carboxylic acids is 1. The average molecular weight is 364 g/mol. The van der Waals surface area contributed by atoms with Crippen LogP contribution in [-0.2, 0) is 0 Å². The third-order valence-corrected chi connectivity index (χ3v) is 3.63. The van der Waals surface area contributed by atoms with Gasteiger partial charge < -0.3 is 9.52 Å². The molecule has 0 amide bonds. The molecule has 0 unspecified atom stereocenters. The quantitative estimate of drug-likeness (QED) is 0.553. The molecular formula is C15H9IO3. The number of phenols is 1. The molecule has 4 heteroatoms. The zero-order chi connectivity index (χ0) is 13.4. The van der Waals surface area contributed by atoms with Gasteiger partial charge in [0.15, 0.2) is 5.78 Å². The Morgan fingerprint density at radius 3 is 2.58 bits per heavy atom. The number of furan rings is 1. The lowest BCUT2D eigenvalue weighted by atomic mass is 10.0. The van der Waals surface area contributed by atoms with E-state index in [1.54, 1.807) is 24.3 Å². The number of hydrogen-bond acceptors (Lipinski definition) is 3. The van der Waals surface area contributed by atoms with Gasteiger partial charge >= 0.3 is 0 Å². The van der Waals surface area contributed by atoms with E-state index in [9.17, 15) is 9.90 Å². The first-order valence-corrected chi connectivity index (χ1v) is 6.73. The molecule has 0 saturated carbocycles. The van der Waals surface area contributed by atoms with Gasteiger partial charge in [-0.3, -0.25) is 4.79 Å². The van der Waals surface area contributed by atoms with Crippen LogP contribution in [0.2, 0.25) is 0 Å². The van der Waals surface area contributed by atoms with E-state index >= 15 is 0 Å². The zero-order valence-corrected chi connectivity index (χ0v) is 11.9. The number of aromatic hydroxyl groups is 1. The predicted octanol–water partition coefficient (Wildman–Crippen LogP) is 3.97. The molecule has 19 heavy (non-hydrogen) atoms. The maximum Gasteiger partial charge on any atom is 0.196 e. The second-order valence-electron chi connectivity index (χ2n) is 4.17. The largest absolute Gasteiger partial charge is 0.508 e. The molecule has 0 atom stereocenters. The molecular weight excluding hydrogens is 355 g/mol. The normalized spacial score (nSPS) is 10.8. The third-order valence-electron chi connectivity index (χ3n) is 2.91. The molecule has 1 heterocycles. The van der Waals surface area contributed by atoms with Gasteiger partial charge in [0, 0.05) is 14.5 Å². The number of rotatable bonds is 2. The lowest BCUT2D eigenvalue weighted by Crippen LogP contribution is -1.99. The smallest absolute Gasteiger partial charge is 0.196 e. The van der Waals surface area contributed by atoms with Crippen molar-refractivity contribution in [2.75, 3.05) is 0 Å². The Morgan fingerprint density at radius 2 is 1.84 bits per heavy atom. The Hall–Kier alpha value is -1.82. The molecule has 0 radical (unpaired) electrons. The molecule has 0 saturated heterocycles. The van der Waals surface area contributed by atoms with Crippen LogP contribution in [0.25, 0.3) is 11.0 Å². The molecule has 0 aliphatic carbocycles. The highest BCUT2D eigenvalue weighted by Crippen LogP contribution is 2.27. The van der Waals surface area contributed by atoms with Gasteiger partial charge in [0.2, 0.25) is 0 Å². The van der Waals surface area contributed by atoms with Crippen LogP contribution in [-0.4, -0.2) is 10.9 Å². The maximum atomic E-state index is 12.4. The van der Waals surface area contributed by atoms with Crippen molar-refractivity contribution in [3.8, 4) is 5.75 Å². The maximum absolute atomic E-state index is 12.4. The van der Waals surface area contributed by atoms with E-state index in [2.05, 4.69) is 22.6 Å². The summed E-state index contributed by atoms with van der Waals surface area (Å²) in [6.07, 6.45) is 1.43. The summed E-state index contributed by atoms with van der Waals surface area (Å²) in [7, 11) is 0. The van der Waals surface area contributed by atoms with Crippen molar-refractivity contribution >= 4 is 39.3 Å². The Labute approximate surface area is 123 Å². The highest BCUT2D eigenvalue weighted by molar-refractivity contribution is 14.1. The molecule has 0 aliphatic heterocycles. The van der Waals surface area contributed by atoms with Gasteiger partial charge in [0.05, 0.1) is 5.56 Å². The lowest BCUT2D eigenvalue weighted by Gasteiger charge is -1.99. The van der Waals surface area contributed by atoms with E-state index in [4.69, 9.17) is 4.42 Å². The Balaban J connectivity index is 2.11. The van der Waals surface area contributed by atoms with Gasteiger partial charge in [-0.05, 0) is 65.1 Å². The summed E-state index contributed by atoms with van der Waals surface area (Å²) in [5.74, 6) is 0.00584. The number of ketones is 1. The van der Waals surface area contributed by atoms with E-state index in [-0.39, 0.29) is 11.5 Å². The van der Waals surface area contributed by atoms with E-state index in [0.29, 0.717) is 22.1 Å². The van der Waals surface area contributed by atoms with Crippen LogP contribution in [0, 0.1) is 3.57 Å². The van der Waals surface area contributed by atoms with Crippen molar-refractivity contribution in [1.29, 1.82) is 0 Å². The summed E-state index contributed by atoms with van der Waals surface area (Å²) in [6, 6.07) is 12.1. The van der Waals surface area contributed by atoms with Gasteiger partial charge in [0.25, 0.3) is 0 Å². The molecule has 1 N–H and O–H groups in total. The standard InChI is InChI=1S/C15H9IO3/c16-10-3-1-9(2-4-10)15(18)13-8-19-14-6-5-11(17)7-12(13)14/h1-8,17H. The van der Waals surface area contributed by atoms with Crippen molar-refractivity contribution < 1.29 is 14.3 Å². The summed E-state index contributed by atoms with van der Waals surface area (Å²) in [5, 5.41) is 10.1. The van der Waals surface area contributed by atoms with Crippen molar-refractivity contribution in [3.05, 3.63) is 63.4 Å². The van der Waals surface area contributed by atoms with Crippen LogP contribution < -0.4 is 0 Å². The molecule has 2 aromatic carbocycles. The Bertz CT molecular complexity index is 757. The summed E-state index contributed by atoms with van der Waals surface area (Å²) in [5.41, 5.74) is 1.66. The summed E-state index contributed by atoms with van der Waals surface area (Å²) >= 11 is 2.19. The van der Waals surface area contributed by atoms with E-state index in [0.717, 1.165) is 3.57 Å². The van der Waals surface area contributed by atoms with Gasteiger partial charge in [-0.2, -0.15) is 0 Å². The number of carbonyl (C=O) groups is 1. The van der Waals surface area contributed by atoms with Crippen LogP contribution in [0.15, 0.2) is 53.1 Å². The minimum Gasteiger partial charge on any atom is -0.508 e. The van der Waals surface area contributed by atoms with Gasteiger partial charge in [-0.15, -0.1) is 0 Å². The topological polar surface area (TPSA) is 50.4 Å². The van der Waals surface area contributed by atoms with Crippen molar-refractivity contribution in [1.82, 2.24) is 0 Å². The van der Waals surface area contributed by atoms with Crippen LogP contribution >= 0.6 is 22.6 Å². The molecule has 0 bridgehead atoms. The molecule has 0 fully saturated rings. The number of hydrogen-bond donors (Lipinski definition) is 1. The second kappa shape index (κ2) is 4.70. The molecule has 3 nitrogen and oxygen atoms in total. The fourth-order valence-corrected chi connectivity index (χ4v) is 2.31. The predicted molar refractivity (Wildman–Crippen MR) is 80.5 cm³/mol. The molecule has 1 aromatic heterocycles. The second-order valence-corrected chi connectivity index (χ2v) is 5.41. The fourth-order valence-electron chi connectivity index (χ4n) is 1.95. The minimum absolute atomic E-state index is 0.110. The van der Waals surface area contributed by atoms with Crippen molar-refractivity contribution in [2.24, 2.45) is 0 Å². The molecule has 0 aliphatic rings. The average Bonchev–Trinajstić information content (AvgIpc) is 2.81. The van der Waals surface area contributed by atoms with Crippen LogP contribution in [0.1, 0.15) is 15.9 Å². The first-order chi connectivity index (χ1) is 9.15. The lowest BCUT2D eigenvalue weighted by molar-refractivity contribution is 0.103. The number of fused-ring (bicyclic) bond motifs is 1. The SMILES string of the molecule is O=C(c1ccc(I)cc1)c1coc2ccc(O)cc12. The number of halogens is 1. The first kappa shape index (κ1) is 12.2. The zero-order valence-electron chi connectivity index (χ0n) is 9.76. The van der Waals surface area contributed by atoms with Crippen LogP contribution in [0.3, 0.4) is 0 Å². The van der Waals surface area contributed by atoms with Crippen LogP contribution in [0.4, 0.5) is 0 Å². The first-order valence-electron chi connectivity index (χ1n) is 5.65. The van der Waals surface area contributed by atoms with Crippen LogP contribution in [0.5, 0.6) is 5.75 Å². The number of benzene rings is 2. The molecule has 94 valence electrons. The van der Waals surface area contributed by atoms with Gasteiger partial charge in [0.1, 0.15) is 17.6 Å². The molecule has 0 spiro atoms. The third kappa shape index (κ3) is 2.23. The highest BCUT2D eigenvalue weighted by atomic mass is 127. The molecule has 3 aromatic rings. The van der Waals surface area contributed by atoms with E-state index < -0.39 is 0 Å². The van der Waals surface area contributed by atoms with E-state index in [1.165, 1.54) is 12.3 Å². The van der Waals surface area contributed by atoms with E-state index in [1.807, 2.05) is 12.1 Å². The summed E-state index contributed by atoms with van der Waals surface area (Å²) < 4.78 is 6.41. The summed E-state index contributed by atoms with van der Waals surface area (Å²) in [6.45, 7) is 0. The minimum atomic E-state index is -0.110. The summed E-state index contributed by atoms with van der Waals surface area (Å²) in [4.78, 5) is 12.4. The van der Waals surface area contributed by atoms with Crippen molar-refractivity contribution in [2.45, 2.75) is 0 Å². The number of phenolic OH excluding ortho intramolecular Hbond substituents is 1. The highest BCUT2D eigenvalue weighted by Gasteiger charge is 2.15. The monoisotopic (exact) mass is 364 g/mol. The van der Waals surface area contributed by atoms with Gasteiger partial charge in [-0.1, -0.05) is 0 Å². The Kier molecular flexibility index (Phi) is 3.02. The van der Waals surface area contributed by atoms with Crippen molar-refractivity contribution in [3.63, 3.8) is 0 Å². The Morgan fingerprint density at radius 1 is 1.11 bits per heavy atom.